The van der Waals surface area contributed by atoms with Gasteiger partial charge in [-0.05, 0) is 19.3 Å². The van der Waals surface area contributed by atoms with Crippen LogP contribution >= 0.6 is 0 Å². The number of nitrogens with zero attached hydrogens (tertiary/aromatic N) is 3. The highest BCUT2D eigenvalue weighted by molar-refractivity contribution is 5.84. The number of anilines is 1. The maximum absolute atomic E-state index is 11.9. The zero-order valence-electron chi connectivity index (χ0n) is 13.1. The van der Waals surface area contributed by atoms with Gasteiger partial charge in [0.25, 0.3) is 0 Å². The largest absolute Gasteiger partial charge is 0.354 e. The third-order valence-electron chi connectivity index (χ3n) is 3.04. The summed E-state index contributed by atoms with van der Waals surface area (Å²) in [5.74, 6) is 0.403. The molecule has 1 aromatic heterocycles. The van der Waals surface area contributed by atoms with Crippen LogP contribution in [0.1, 0.15) is 33.4 Å². The van der Waals surface area contributed by atoms with Gasteiger partial charge in [-0.25, -0.2) is 4.68 Å². The van der Waals surface area contributed by atoms with Crippen LogP contribution < -0.4 is 10.6 Å². The standard InChI is InChI=1S/C13H23N5O3/c1-6-10-11(18(20)21)12(17(5)16-10)15-9(4)13(19)14-7-8(2)3/h8-9,15H,6-7H2,1-5H3,(H,14,19). The van der Waals surface area contributed by atoms with Gasteiger partial charge in [-0.3, -0.25) is 14.9 Å². The van der Waals surface area contributed by atoms with Crippen LogP contribution in [0.3, 0.4) is 0 Å². The molecule has 21 heavy (non-hydrogen) atoms. The molecule has 0 saturated carbocycles. The second-order valence-corrected chi connectivity index (χ2v) is 5.38. The van der Waals surface area contributed by atoms with Gasteiger partial charge in [0.2, 0.25) is 11.7 Å². The van der Waals surface area contributed by atoms with Gasteiger partial charge < -0.3 is 10.6 Å². The topological polar surface area (TPSA) is 102 Å². The van der Waals surface area contributed by atoms with E-state index < -0.39 is 11.0 Å². The molecule has 8 heteroatoms. The van der Waals surface area contributed by atoms with Crippen LogP contribution in [0.2, 0.25) is 0 Å². The Kier molecular flexibility index (Phi) is 5.69. The van der Waals surface area contributed by atoms with Crippen molar-refractivity contribution in [3.05, 3.63) is 15.8 Å². The van der Waals surface area contributed by atoms with Crippen molar-refractivity contribution in [2.75, 3.05) is 11.9 Å². The Balaban J connectivity index is 2.89. The summed E-state index contributed by atoms with van der Waals surface area (Å²) in [4.78, 5) is 22.7. The van der Waals surface area contributed by atoms with Crippen LogP contribution in [0, 0.1) is 16.0 Å². The molecule has 0 radical (unpaired) electrons. The van der Waals surface area contributed by atoms with Crippen molar-refractivity contribution in [3.8, 4) is 0 Å². The molecule has 0 aliphatic heterocycles. The molecule has 0 aliphatic carbocycles. The molecule has 0 aliphatic rings. The predicted molar refractivity (Wildman–Crippen MR) is 80.2 cm³/mol. The zero-order chi connectivity index (χ0) is 16.2. The van der Waals surface area contributed by atoms with E-state index in [4.69, 9.17) is 0 Å². The molecule has 0 aromatic carbocycles. The lowest BCUT2D eigenvalue weighted by atomic mass is 10.2. The molecule has 1 amide bonds. The molecule has 0 bridgehead atoms. The Hall–Kier alpha value is -2.12. The third-order valence-corrected chi connectivity index (χ3v) is 3.04. The molecular weight excluding hydrogens is 274 g/mol. The number of nitro groups is 1. The Morgan fingerprint density at radius 2 is 2.05 bits per heavy atom. The molecule has 0 fully saturated rings. The van der Waals surface area contributed by atoms with E-state index in [9.17, 15) is 14.9 Å². The van der Waals surface area contributed by atoms with Gasteiger partial charge in [0.1, 0.15) is 11.7 Å². The zero-order valence-corrected chi connectivity index (χ0v) is 13.1. The van der Waals surface area contributed by atoms with Crippen LogP contribution in [0.25, 0.3) is 0 Å². The summed E-state index contributed by atoms with van der Waals surface area (Å²) in [6, 6.07) is -0.581. The number of nitrogens with one attached hydrogen (secondary N) is 2. The smallest absolute Gasteiger partial charge is 0.334 e. The number of rotatable bonds is 7. The van der Waals surface area contributed by atoms with E-state index in [0.717, 1.165) is 0 Å². The van der Waals surface area contributed by atoms with E-state index in [1.54, 1.807) is 20.9 Å². The van der Waals surface area contributed by atoms with Gasteiger partial charge in [0.05, 0.1) is 4.92 Å². The third kappa shape index (κ3) is 4.17. The molecule has 0 spiro atoms. The number of hydrogen-bond acceptors (Lipinski definition) is 5. The van der Waals surface area contributed by atoms with Gasteiger partial charge in [0, 0.05) is 13.6 Å². The van der Waals surface area contributed by atoms with E-state index in [1.165, 1.54) is 4.68 Å². The molecule has 1 aromatic rings. The Morgan fingerprint density at radius 1 is 1.43 bits per heavy atom. The fourth-order valence-corrected chi connectivity index (χ4v) is 1.89. The van der Waals surface area contributed by atoms with Gasteiger partial charge in [0.15, 0.2) is 0 Å². The molecular formula is C13H23N5O3. The highest BCUT2D eigenvalue weighted by atomic mass is 16.6. The minimum atomic E-state index is -0.581. The van der Waals surface area contributed by atoms with Crippen LogP contribution in [0.15, 0.2) is 0 Å². The summed E-state index contributed by atoms with van der Waals surface area (Å²) in [5, 5.41) is 21.0. The summed E-state index contributed by atoms with van der Waals surface area (Å²) in [5.41, 5.74) is 0.336. The summed E-state index contributed by atoms with van der Waals surface area (Å²) in [7, 11) is 1.62. The normalized spacial score (nSPS) is 12.3. The maximum atomic E-state index is 11.9. The molecule has 0 saturated heterocycles. The van der Waals surface area contributed by atoms with Gasteiger partial charge in [-0.15, -0.1) is 0 Å². The summed E-state index contributed by atoms with van der Waals surface area (Å²) < 4.78 is 1.41. The lowest BCUT2D eigenvalue weighted by Crippen LogP contribution is -2.39. The van der Waals surface area contributed by atoms with Crippen molar-refractivity contribution in [1.29, 1.82) is 0 Å². The minimum absolute atomic E-state index is 0.0662. The van der Waals surface area contributed by atoms with E-state index in [1.807, 2.05) is 13.8 Å². The maximum Gasteiger partial charge on any atom is 0.334 e. The van der Waals surface area contributed by atoms with Crippen LogP contribution in [0.4, 0.5) is 11.5 Å². The van der Waals surface area contributed by atoms with E-state index >= 15 is 0 Å². The number of hydrogen-bond donors (Lipinski definition) is 2. The minimum Gasteiger partial charge on any atom is -0.354 e. The average Bonchev–Trinajstić information content (AvgIpc) is 2.72. The van der Waals surface area contributed by atoms with Crippen molar-refractivity contribution in [1.82, 2.24) is 15.1 Å². The predicted octanol–water partition coefficient (Wildman–Crippen LogP) is 1.46. The Morgan fingerprint density at radius 3 is 2.52 bits per heavy atom. The summed E-state index contributed by atoms with van der Waals surface area (Å²) in [6.07, 6.45) is 0.458. The average molecular weight is 297 g/mol. The van der Waals surface area contributed by atoms with Crippen molar-refractivity contribution >= 4 is 17.4 Å². The van der Waals surface area contributed by atoms with E-state index in [-0.39, 0.29) is 17.4 Å². The fourth-order valence-electron chi connectivity index (χ4n) is 1.89. The first-order chi connectivity index (χ1) is 9.77. The second kappa shape index (κ2) is 7.05. The second-order valence-electron chi connectivity index (χ2n) is 5.38. The van der Waals surface area contributed by atoms with Crippen molar-refractivity contribution < 1.29 is 9.72 Å². The van der Waals surface area contributed by atoms with Crippen LogP contribution in [0.5, 0.6) is 0 Å². The molecule has 2 N–H and O–H groups in total. The highest BCUT2D eigenvalue weighted by Gasteiger charge is 2.27. The monoisotopic (exact) mass is 297 g/mol. The summed E-state index contributed by atoms with van der Waals surface area (Å²) >= 11 is 0. The van der Waals surface area contributed by atoms with Crippen molar-refractivity contribution in [3.63, 3.8) is 0 Å². The van der Waals surface area contributed by atoms with Gasteiger partial charge >= 0.3 is 5.69 Å². The number of aryl methyl sites for hydroxylation is 2. The van der Waals surface area contributed by atoms with Crippen molar-refractivity contribution in [2.24, 2.45) is 13.0 Å². The number of carbonyl (C=O) groups is 1. The number of aromatic nitrogens is 2. The van der Waals surface area contributed by atoms with Gasteiger partial charge in [-0.1, -0.05) is 20.8 Å². The lowest BCUT2D eigenvalue weighted by molar-refractivity contribution is -0.384. The molecule has 8 nitrogen and oxygen atoms in total. The first-order valence-electron chi connectivity index (χ1n) is 7.02. The number of amides is 1. The lowest BCUT2D eigenvalue weighted by Gasteiger charge is -2.15. The quantitative estimate of drug-likeness (QED) is 0.586. The highest BCUT2D eigenvalue weighted by Crippen LogP contribution is 2.28. The van der Waals surface area contributed by atoms with Crippen molar-refractivity contribution in [2.45, 2.75) is 40.2 Å². The number of carbonyl (C=O) groups excluding carboxylic acids is 1. The van der Waals surface area contributed by atoms with Gasteiger partial charge in [-0.2, -0.15) is 5.10 Å². The molecule has 118 valence electrons. The fraction of sp³-hybridized carbons (Fsp3) is 0.692. The van der Waals surface area contributed by atoms with E-state index in [0.29, 0.717) is 24.6 Å². The Labute approximate surface area is 124 Å². The molecule has 1 atom stereocenters. The van der Waals surface area contributed by atoms with Crippen LogP contribution in [-0.4, -0.2) is 33.2 Å². The summed E-state index contributed by atoms with van der Waals surface area (Å²) in [6.45, 7) is 8.03. The Bertz CT molecular complexity index is 524. The first-order valence-corrected chi connectivity index (χ1v) is 7.02. The molecule has 1 heterocycles. The molecule has 1 rings (SSSR count). The van der Waals surface area contributed by atoms with E-state index in [2.05, 4.69) is 15.7 Å². The first kappa shape index (κ1) is 16.9. The molecule has 1 unspecified atom stereocenters. The van der Waals surface area contributed by atoms with Crippen LogP contribution in [-0.2, 0) is 18.3 Å². The SMILES string of the molecule is CCc1nn(C)c(NC(C)C(=O)NCC(C)C)c1[N+](=O)[O-].